The van der Waals surface area contributed by atoms with Crippen LogP contribution in [0.2, 0.25) is 0 Å². The Balaban J connectivity index is 0.920. The van der Waals surface area contributed by atoms with Crippen molar-refractivity contribution in [2.24, 2.45) is 0 Å². The lowest BCUT2D eigenvalue weighted by Crippen LogP contribution is -2.61. The average Bonchev–Trinajstić information content (AvgIpc) is 0.734. The molecule has 0 radical (unpaired) electrons. The highest BCUT2D eigenvalue weighted by molar-refractivity contribution is 7.00. The minimum atomic E-state index is -0.220. The number of allylic oxidation sites excluding steroid dienone is 1. The van der Waals surface area contributed by atoms with Gasteiger partial charge in [0.15, 0.2) is 0 Å². The largest absolute Gasteiger partial charge is 0.455 e. The third-order valence-electron chi connectivity index (χ3n) is 20.9. The molecule has 0 amide bonds. The van der Waals surface area contributed by atoms with Crippen LogP contribution in [0.15, 0.2) is 345 Å². The minimum absolute atomic E-state index is 0.220. The average molecular weight is 1250 g/mol. The van der Waals surface area contributed by atoms with E-state index in [0.717, 1.165) is 130 Å². The molecule has 5 nitrogen and oxygen atoms in total. The van der Waals surface area contributed by atoms with E-state index in [1.165, 1.54) is 70.9 Å². The highest BCUT2D eigenvalue weighted by Crippen LogP contribution is 2.53. The summed E-state index contributed by atoms with van der Waals surface area (Å²) in [6.45, 7) is 3.98. The van der Waals surface area contributed by atoms with Gasteiger partial charge in [0, 0.05) is 83.3 Å². The minimum Gasteiger partial charge on any atom is -0.455 e. The van der Waals surface area contributed by atoms with Gasteiger partial charge in [-0.3, -0.25) is 0 Å². The Labute approximate surface area is 568 Å². The maximum atomic E-state index is 6.87. The SMILES string of the molecule is C=CCCc1cc2ccccc2n1-c1ccc2c(c1)N(c1ccccc1-c1ccccc1)c1cc(-n3c4ccccc4c4ccccc43)cc3c1B2c1ccc(-c2c4ccccc4c(-c4cccc5c4oc4ccccc45)c4ccccc24)cc1N3c1ccccc1-c1ccccc1. The lowest BCUT2D eigenvalue weighted by Gasteiger charge is -2.45. The lowest BCUT2D eigenvalue weighted by atomic mass is 9.33. The van der Waals surface area contributed by atoms with Crippen molar-refractivity contribution in [3.63, 3.8) is 0 Å². The molecular weight excluding hydrogens is 1190 g/mol. The zero-order chi connectivity index (χ0) is 64.5. The van der Waals surface area contributed by atoms with Crippen molar-refractivity contribution in [3.05, 3.63) is 346 Å². The van der Waals surface area contributed by atoms with Crippen molar-refractivity contribution in [2.75, 3.05) is 9.80 Å². The van der Waals surface area contributed by atoms with E-state index in [4.69, 9.17) is 4.42 Å². The summed E-state index contributed by atoms with van der Waals surface area (Å²) < 4.78 is 11.9. The molecule has 0 bridgehead atoms. The van der Waals surface area contributed by atoms with E-state index in [0.29, 0.717) is 0 Å². The Kier molecular flexibility index (Phi) is 12.7. The Bertz CT molecular complexity index is 6200. The third kappa shape index (κ3) is 8.41. The summed E-state index contributed by atoms with van der Waals surface area (Å²) in [6.07, 6.45) is 3.75. The lowest BCUT2D eigenvalue weighted by molar-refractivity contribution is 0.670. The quantitative estimate of drug-likeness (QED) is 0.0734. The van der Waals surface area contributed by atoms with E-state index in [1.54, 1.807) is 0 Å². The van der Waals surface area contributed by atoms with E-state index < -0.39 is 0 Å². The Morgan fingerprint density at radius 3 is 1.43 bits per heavy atom. The number of fused-ring (bicyclic) bond motifs is 13. The Hall–Kier alpha value is -12.6. The highest BCUT2D eigenvalue weighted by atomic mass is 16.3. The number of hydrogen-bond acceptors (Lipinski definition) is 3. The first-order valence-electron chi connectivity index (χ1n) is 34.0. The first-order chi connectivity index (χ1) is 48.6. The fourth-order valence-electron chi connectivity index (χ4n) is 16.8. The second kappa shape index (κ2) is 22.2. The zero-order valence-electron chi connectivity index (χ0n) is 53.7. The van der Waals surface area contributed by atoms with Crippen LogP contribution in [0.4, 0.5) is 34.1 Å². The van der Waals surface area contributed by atoms with Gasteiger partial charge < -0.3 is 23.4 Å². The number of hydrogen-bond donors (Lipinski definition) is 0. The van der Waals surface area contributed by atoms with Gasteiger partial charge in [-0.2, -0.15) is 0 Å². The molecule has 98 heavy (non-hydrogen) atoms. The fraction of sp³-hybridized carbons (Fsp3) is 0.0217. The molecule has 0 atom stereocenters. The van der Waals surface area contributed by atoms with Gasteiger partial charge in [-0.05, 0) is 146 Å². The van der Waals surface area contributed by atoms with Gasteiger partial charge in [0.25, 0.3) is 6.71 Å². The van der Waals surface area contributed by atoms with Crippen molar-refractivity contribution < 1.29 is 4.42 Å². The van der Waals surface area contributed by atoms with Crippen molar-refractivity contribution >= 4 is 133 Å². The highest BCUT2D eigenvalue weighted by Gasteiger charge is 2.45. The van der Waals surface area contributed by atoms with Crippen LogP contribution in [-0.4, -0.2) is 15.8 Å². The maximum absolute atomic E-state index is 6.87. The summed E-state index contributed by atoms with van der Waals surface area (Å²) in [5.74, 6) is 0. The van der Waals surface area contributed by atoms with Crippen molar-refractivity contribution in [2.45, 2.75) is 12.8 Å². The van der Waals surface area contributed by atoms with Crippen molar-refractivity contribution in [1.82, 2.24) is 9.13 Å². The molecular formula is C92H61BN4O. The molecule has 5 heterocycles. The summed E-state index contributed by atoms with van der Waals surface area (Å²) in [5, 5.41) is 10.5. The molecule has 0 fully saturated rings. The summed E-state index contributed by atoms with van der Waals surface area (Å²) in [4.78, 5) is 5.25. The van der Waals surface area contributed by atoms with E-state index in [2.05, 4.69) is 353 Å². The van der Waals surface area contributed by atoms with Gasteiger partial charge in [-0.25, -0.2) is 0 Å². The van der Waals surface area contributed by atoms with Gasteiger partial charge in [-0.1, -0.05) is 261 Å². The predicted octanol–water partition coefficient (Wildman–Crippen LogP) is 22.8. The van der Waals surface area contributed by atoms with Crippen LogP contribution in [0.3, 0.4) is 0 Å². The molecule has 0 unspecified atom stereocenters. The van der Waals surface area contributed by atoms with Crippen LogP contribution in [0.1, 0.15) is 12.1 Å². The van der Waals surface area contributed by atoms with Gasteiger partial charge in [0.1, 0.15) is 11.2 Å². The molecule has 0 saturated heterocycles. The second-order valence-corrected chi connectivity index (χ2v) is 26.1. The van der Waals surface area contributed by atoms with Crippen LogP contribution in [0.25, 0.3) is 132 Å². The third-order valence-corrected chi connectivity index (χ3v) is 20.9. The summed E-state index contributed by atoms with van der Waals surface area (Å²) in [6, 6.07) is 122. The molecule has 6 heteroatoms. The van der Waals surface area contributed by atoms with Gasteiger partial charge in [-0.15, -0.1) is 6.58 Å². The van der Waals surface area contributed by atoms with Crippen LogP contribution in [0.5, 0.6) is 0 Å². The molecule has 18 aromatic rings. The van der Waals surface area contributed by atoms with Crippen LogP contribution in [0, 0.1) is 0 Å². The topological polar surface area (TPSA) is 29.5 Å². The standard InChI is InChI=1S/C92H61BN4O/c1-2-3-32-63-54-61-31-10-20-44-79(61)94(63)64-51-53-78-85(56-64)97(81-46-22-16-34-67(81)60-29-8-5-9-30-60)87-58-65(95-82-47-23-17-35-68(82)69-36-18-24-48-83(69)95)57-86-91(87)93(78)77-52-50-62(55-84(77)96(86)80-45-21-15-33-66(80)59-27-6-4-7-28-59)89-71-38-11-13-40-73(71)90(74-41-14-12-39-72(74)89)76-43-26-42-75-70-37-19-25-49-88(70)98-92(75)76/h2,4-31,33-58H,1,3,32H2. The van der Waals surface area contributed by atoms with E-state index >= 15 is 0 Å². The summed E-state index contributed by atoms with van der Waals surface area (Å²) >= 11 is 0. The molecule has 0 aliphatic carbocycles. The molecule has 20 rings (SSSR count). The van der Waals surface area contributed by atoms with Crippen molar-refractivity contribution in [1.29, 1.82) is 0 Å². The molecule has 0 N–H and O–H groups in total. The monoisotopic (exact) mass is 1250 g/mol. The fourth-order valence-corrected chi connectivity index (χ4v) is 16.8. The van der Waals surface area contributed by atoms with E-state index in [9.17, 15) is 0 Å². The second-order valence-electron chi connectivity index (χ2n) is 26.1. The zero-order valence-corrected chi connectivity index (χ0v) is 53.7. The number of aromatic nitrogens is 2. The number of nitrogens with zero attached hydrogens (tertiary/aromatic N) is 4. The number of furan rings is 1. The van der Waals surface area contributed by atoms with E-state index in [-0.39, 0.29) is 6.71 Å². The van der Waals surface area contributed by atoms with Crippen LogP contribution in [-0.2, 0) is 6.42 Å². The molecule has 3 aromatic heterocycles. The van der Waals surface area contributed by atoms with Gasteiger partial charge in [0.05, 0.1) is 33.6 Å². The molecule has 0 saturated carbocycles. The summed E-state index contributed by atoms with van der Waals surface area (Å²) in [7, 11) is 0. The maximum Gasteiger partial charge on any atom is 0.252 e. The summed E-state index contributed by atoms with van der Waals surface area (Å²) in [5.41, 5.74) is 28.1. The number of anilines is 6. The molecule has 2 aliphatic heterocycles. The van der Waals surface area contributed by atoms with E-state index in [1.807, 2.05) is 6.08 Å². The number of aryl methyl sites for hydroxylation is 1. The van der Waals surface area contributed by atoms with Crippen molar-refractivity contribution in [3.8, 4) is 55.9 Å². The Morgan fingerprint density at radius 1 is 0.327 bits per heavy atom. The smallest absolute Gasteiger partial charge is 0.252 e. The number of para-hydroxylation sites is 7. The van der Waals surface area contributed by atoms with Crippen LogP contribution < -0.4 is 26.2 Å². The first kappa shape index (κ1) is 55.8. The molecule has 458 valence electrons. The predicted molar refractivity (Wildman–Crippen MR) is 414 cm³/mol. The van der Waals surface area contributed by atoms with Gasteiger partial charge in [0.2, 0.25) is 0 Å². The first-order valence-corrected chi connectivity index (χ1v) is 34.0. The van der Waals surface area contributed by atoms with Crippen LogP contribution >= 0.6 is 0 Å². The molecule has 0 spiro atoms. The Morgan fingerprint density at radius 2 is 0.806 bits per heavy atom. The number of rotatable bonds is 11. The number of benzene rings is 15. The van der Waals surface area contributed by atoms with Gasteiger partial charge >= 0.3 is 0 Å². The normalized spacial score (nSPS) is 12.6. The molecule has 15 aromatic carbocycles. The molecule has 2 aliphatic rings.